The Morgan fingerprint density at radius 2 is 2.10 bits per heavy atom. The molecule has 0 fully saturated rings. The van der Waals surface area contributed by atoms with Crippen LogP contribution in [-0.4, -0.2) is 21.4 Å². The Kier molecular flexibility index (Phi) is 5.04. The number of aromatic nitrogens is 2. The molecule has 21 heavy (non-hydrogen) atoms. The monoisotopic (exact) mass is 282 g/mol. The van der Waals surface area contributed by atoms with Crippen molar-refractivity contribution < 1.29 is 4.79 Å². The van der Waals surface area contributed by atoms with Gasteiger partial charge in [-0.3, -0.25) is 9.48 Å². The van der Waals surface area contributed by atoms with E-state index in [1.807, 2.05) is 62.4 Å². The second kappa shape index (κ2) is 7.19. The minimum Gasteiger partial charge on any atom is -0.271 e. The summed E-state index contributed by atoms with van der Waals surface area (Å²) in [5.41, 5.74) is 5.28. The Bertz CT molecular complexity index is 656. The summed E-state index contributed by atoms with van der Waals surface area (Å²) in [5.74, 6) is -0.200. The first-order valence-electron chi connectivity index (χ1n) is 6.70. The maximum Gasteiger partial charge on any atom is 0.261 e. The smallest absolute Gasteiger partial charge is 0.261 e. The van der Waals surface area contributed by atoms with Gasteiger partial charge in [-0.25, -0.2) is 5.43 Å². The van der Waals surface area contributed by atoms with E-state index < -0.39 is 0 Å². The average Bonchev–Trinajstić information content (AvgIpc) is 2.89. The number of aryl methyl sites for hydroxylation is 1. The molecule has 0 aliphatic heterocycles. The lowest BCUT2D eigenvalue weighted by atomic mass is 10.2. The molecule has 108 valence electrons. The number of hydrogen-bond acceptors (Lipinski definition) is 3. The van der Waals surface area contributed by atoms with Crippen molar-refractivity contribution in [2.24, 2.45) is 5.10 Å². The molecule has 0 atom stereocenters. The molecule has 1 N–H and O–H groups in total. The van der Waals surface area contributed by atoms with Crippen molar-refractivity contribution in [3.05, 3.63) is 59.9 Å². The van der Waals surface area contributed by atoms with Gasteiger partial charge in [-0.2, -0.15) is 10.2 Å². The third kappa shape index (κ3) is 4.72. The Hall–Kier alpha value is -2.69. The summed E-state index contributed by atoms with van der Waals surface area (Å²) in [6.07, 6.45) is 5.47. The van der Waals surface area contributed by atoms with Crippen molar-refractivity contribution >= 4 is 17.7 Å². The largest absolute Gasteiger partial charge is 0.271 e. The summed E-state index contributed by atoms with van der Waals surface area (Å²) in [7, 11) is 0. The number of amides is 1. The molecule has 5 nitrogen and oxygen atoms in total. The third-order valence-corrected chi connectivity index (χ3v) is 2.90. The predicted octanol–water partition coefficient (Wildman–Crippen LogP) is 2.40. The Morgan fingerprint density at radius 3 is 2.76 bits per heavy atom. The van der Waals surface area contributed by atoms with Crippen molar-refractivity contribution in [2.75, 3.05) is 0 Å². The summed E-state index contributed by atoms with van der Waals surface area (Å²) < 4.78 is 1.62. The SMILES string of the molecule is CC(/C=C/c1ccccc1)=N/NC(=O)Cn1nccc1C. The molecule has 2 aromatic rings. The van der Waals surface area contributed by atoms with Crippen molar-refractivity contribution in [1.29, 1.82) is 0 Å². The van der Waals surface area contributed by atoms with Crippen LogP contribution in [0.25, 0.3) is 6.08 Å². The zero-order valence-electron chi connectivity index (χ0n) is 12.2. The lowest BCUT2D eigenvalue weighted by molar-refractivity contribution is -0.121. The van der Waals surface area contributed by atoms with Crippen LogP contribution in [0, 0.1) is 6.92 Å². The second-order valence-corrected chi connectivity index (χ2v) is 4.66. The molecule has 0 radical (unpaired) electrons. The Morgan fingerprint density at radius 1 is 1.33 bits per heavy atom. The van der Waals surface area contributed by atoms with Crippen LogP contribution in [0.3, 0.4) is 0 Å². The molecule has 0 aliphatic carbocycles. The van der Waals surface area contributed by atoms with E-state index in [1.165, 1.54) is 0 Å². The molecular formula is C16H18N4O. The fourth-order valence-corrected chi connectivity index (χ4v) is 1.70. The Labute approximate surface area is 124 Å². The molecule has 0 unspecified atom stereocenters. The number of hydrazone groups is 1. The van der Waals surface area contributed by atoms with Crippen LogP contribution in [0.5, 0.6) is 0 Å². The number of allylic oxidation sites excluding steroid dienone is 1. The van der Waals surface area contributed by atoms with Gasteiger partial charge in [0.05, 0.1) is 5.71 Å². The van der Waals surface area contributed by atoms with E-state index in [2.05, 4.69) is 15.6 Å². The quantitative estimate of drug-likeness (QED) is 0.676. The molecule has 1 aromatic carbocycles. The van der Waals surface area contributed by atoms with Crippen LogP contribution in [0.2, 0.25) is 0 Å². The van der Waals surface area contributed by atoms with Gasteiger partial charge in [-0.05, 0) is 31.6 Å². The summed E-state index contributed by atoms with van der Waals surface area (Å²) in [5, 5.41) is 8.09. The molecule has 0 saturated heterocycles. The lowest BCUT2D eigenvalue weighted by Gasteiger charge is -2.03. The highest BCUT2D eigenvalue weighted by Gasteiger charge is 2.03. The summed E-state index contributed by atoms with van der Waals surface area (Å²) in [4.78, 5) is 11.7. The van der Waals surface area contributed by atoms with Crippen molar-refractivity contribution in [2.45, 2.75) is 20.4 Å². The zero-order valence-corrected chi connectivity index (χ0v) is 12.2. The van der Waals surface area contributed by atoms with E-state index in [0.717, 1.165) is 17.0 Å². The number of nitrogens with one attached hydrogen (secondary N) is 1. The van der Waals surface area contributed by atoms with Crippen LogP contribution >= 0.6 is 0 Å². The maximum atomic E-state index is 11.7. The first-order valence-corrected chi connectivity index (χ1v) is 6.70. The minimum atomic E-state index is -0.200. The van der Waals surface area contributed by atoms with E-state index in [9.17, 15) is 4.79 Å². The standard InChI is InChI=1S/C16H18N4O/c1-13(8-9-15-6-4-3-5-7-15)18-19-16(21)12-20-14(2)10-11-17-20/h3-11H,12H2,1-2H3,(H,19,21)/b9-8+,18-13-. The first kappa shape index (κ1) is 14.7. The van der Waals surface area contributed by atoms with Gasteiger partial charge in [0, 0.05) is 11.9 Å². The topological polar surface area (TPSA) is 59.3 Å². The number of benzene rings is 1. The number of nitrogens with zero attached hydrogens (tertiary/aromatic N) is 3. The van der Waals surface area contributed by atoms with Crippen LogP contribution in [0.15, 0.2) is 53.8 Å². The van der Waals surface area contributed by atoms with Gasteiger partial charge in [0.15, 0.2) is 0 Å². The predicted molar refractivity (Wildman–Crippen MR) is 83.7 cm³/mol. The molecule has 1 aromatic heterocycles. The third-order valence-electron chi connectivity index (χ3n) is 2.90. The van der Waals surface area contributed by atoms with Gasteiger partial charge >= 0.3 is 0 Å². The molecule has 1 heterocycles. The van der Waals surface area contributed by atoms with Gasteiger partial charge in [-0.1, -0.05) is 36.4 Å². The van der Waals surface area contributed by atoms with Crippen LogP contribution in [0.4, 0.5) is 0 Å². The fourth-order valence-electron chi connectivity index (χ4n) is 1.70. The fraction of sp³-hybridized carbons (Fsp3) is 0.188. The summed E-state index contributed by atoms with van der Waals surface area (Å²) in [6, 6.07) is 11.8. The number of carbonyl (C=O) groups excluding carboxylic acids is 1. The average molecular weight is 282 g/mol. The van der Waals surface area contributed by atoms with E-state index in [0.29, 0.717) is 0 Å². The number of carbonyl (C=O) groups is 1. The van der Waals surface area contributed by atoms with E-state index >= 15 is 0 Å². The molecule has 0 aliphatic rings. The number of rotatable bonds is 5. The first-order chi connectivity index (χ1) is 10.1. The van der Waals surface area contributed by atoms with Crippen LogP contribution < -0.4 is 5.43 Å². The van der Waals surface area contributed by atoms with Gasteiger partial charge in [0.2, 0.25) is 0 Å². The molecule has 0 bridgehead atoms. The van der Waals surface area contributed by atoms with Gasteiger partial charge in [-0.15, -0.1) is 0 Å². The van der Waals surface area contributed by atoms with Gasteiger partial charge < -0.3 is 0 Å². The van der Waals surface area contributed by atoms with E-state index in [-0.39, 0.29) is 12.5 Å². The molecule has 2 rings (SSSR count). The van der Waals surface area contributed by atoms with Crippen LogP contribution in [-0.2, 0) is 11.3 Å². The maximum absolute atomic E-state index is 11.7. The molecule has 5 heteroatoms. The molecule has 1 amide bonds. The highest BCUT2D eigenvalue weighted by atomic mass is 16.2. The van der Waals surface area contributed by atoms with Gasteiger partial charge in [0.1, 0.15) is 6.54 Å². The summed E-state index contributed by atoms with van der Waals surface area (Å²) in [6.45, 7) is 3.90. The molecule has 0 spiro atoms. The lowest BCUT2D eigenvalue weighted by Crippen LogP contribution is -2.24. The van der Waals surface area contributed by atoms with E-state index in [4.69, 9.17) is 0 Å². The second-order valence-electron chi connectivity index (χ2n) is 4.66. The van der Waals surface area contributed by atoms with Crippen LogP contribution in [0.1, 0.15) is 18.2 Å². The van der Waals surface area contributed by atoms with Crippen molar-refractivity contribution in [3.8, 4) is 0 Å². The molecular weight excluding hydrogens is 264 g/mol. The van der Waals surface area contributed by atoms with Crippen molar-refractivity contribution in [1.82, 2.24) is 15.2 Å². The highest BCUT2D eigenvalue weighted by Crippen LogP contribution is 2.01. The van der Waals surface area contributed by atoms with Gasteiger partial charge in [0.25, 0.3) is 5.91 Å². The van der Waals surface area contributed by atoms with Crippen molar-refractivity contribution in [3.63, 3.8) is 0 Å². The van der Waals surface area contributed by atoms with E-state index in [1.54, 1.807) is 10.9 Å². The summed E-state index contributed by atoms with van der Waals surface area (Å²) >= 11 is 0. The minimum absolute atomic E-state index is 0.165. The zero-order chi connectivity index (χ0) is 15.1. The highest BCUT2D eigenvalue weighted by molar-refractivity contribution is 5.96. The Balaban J connectivity index is 1.87. The normalized spacial score (nSPS) is 11.8. The molecule has 0 saturated carbocycles. The number of hydrogen-bond donors (Lipinski definition) is 1.